The molecular weight excluding hydrogens is 639 g/mol. The monoisotopic (exact) mass is 693 g/mol. The van der Waals surface area contributed by atoms with Crippen LogP contribution in [0.2, 0.25) is 0 Å². The van der Waals surface area contributed by atoms with Crippen LogP contribution in [0.5, 0.6) is 0 Å². The number of nitrogens with two attached hydrogens (primary N) is 1. The van der Waals surface area contributed by atoms with E-state index < -0.39 is 11.5 Å². The second kappa shape index (κ2) is 18.1. The van der Waals surface area contributed by atoms with Crippen molar-refractivity contribution in [2.75, 3.05) is 24.6 Å². The maximum absolute atomic E-state index is 13.0. The Bertz CT molecular complexity index is 1580. The third-order valence-corrected chi connectivity index (χ3v) is 11.2. The second-order valence-corrected chi connectivity index (χ2v) is 15.2. The van der Waals surface area contributed by atoms with Crippen LogP contribution in [0.15, 0.2) is 24.3 Å². The molecule has 1 saturated carbocycles. The molecule has 11 nitrogen and oxygen atoms in total. The van der Waals surface area contributed by atoms with Crippen LogP contribution in [0, 0.1) is 5.92 Å². The van der Waals surface area contributed by atoms with E-state index in [1.54, 1.807) is 0 Å². The van der Waals surface area contributed by atoms with Crippen LogP contribution < -0.4 is 16.4 Å². The second-order valence-electron chi connectivity index (χ2n) is 13.9. The minimum absolute atomic E-state index is 0.0739. The topological polar surface area (TPSA) is 155 Å². The fourth-order valence-corrected chi connectivity index (χ4v) is 8.29. The number of likely N-dealkylation sites (tertiary alicyclic amines) is 1. The zero-order valence-electron chi connectivity index (χ0n) is 29.3. The molecule has 2 aromatic heterocycles. The molecule has 3 heterocycles. The zero-order chi connectivity index (χ0) is 34.8. The van der Waals surface area contributed by atoms with Gasteiger partial charge in [0.1, 0.15) is 17.6 Å². The van der Waals surface area contributed by atoms with Crippen LogP contribution >= 0.6 is 11.8 Å². The van der Waals surface area contributed by atoms with Crippen LogP contribution in [0.4, 0.5) is 5.82 Å². The molecule has 4 atom stereocenters. The normalized spacial score (nSPS) is 21.2. The van der Waals surface area contributed by atoms with Crippen molar-refractivity contribution in [2.45, 2.75) is 128 Å². The van der Waals surface area contributed by atoms with E-state index in [1.807, 2.05) is 18.2 Å². The van der Waals surface area contributed by atoms with Crippen LogP contribution in [0.3, 0.4) is 0 Å². The molecule has 3 amide bonds. The van der Waals surface area contributed by atoms with E-state index in [9.17, 15) is 19.5 Å². The number of imide groups is 1. The Morgan fingerprint density at radius 1 is 1.08 bits per heavy atom. The summed E-state index contributed by atoms with van der Waals surface area (Å²) < 4.78 is 2.27. The van der Waals surface area contributed by atoms with E-state index in [-0.39, 0.29) is 43.1 Å². The van der Waals surface area contributed by atoms with Gasteiger partial charge in [-0.25, -0.2) is 9.97 Å². The molecule has 0 spiro atoms. The molecule has 5 rings (SSSR count). The molecule has 4 unspecified atom stereocenters. The number of nitrogens with one attached hydrogen (secondary N) is 2. The number of unbranched alkanes of at least 4 members (excludes halogenated alkanes) is 2. The van der Waals surface area contributed by atoms with Crippen molar-refractivity contribution in [3.05, 3.63) is 30.1 Å². The first-order chi connectivity index (χ1) is 23.7. The lowest BCUT2D eigenvalue weighted by atomic mass is 9.96. The van der Waals surface area contributed by atoms with Gasteiger partial charge in [-0.3, -0.25) is 24.6 Å². The first-order valence-corrected chi connectivity index (χ1v) is 19.5. The highest BCUT2D eigenvalue weighted by atomic mass is 32.2. The fourth-order valence-electron chi connectivity index (χ4n) is 7.25. The van der Waals surface area contributed by atoms with Gasteiger partial charge in [0, 0.05) is 56.1 Å². The number of thioether (sulfide) groups is 1. The van der Waals surface area contributed by atoms with Gasteiger partial charge in [-0.2, -0.15) is 0 Å². The number of hydrogen-bond acceptors (Lipinski definition) is 9. The SMILES string of the molecule is CCCCc1nc2c(N)nc3ccccc3c2n1CCCCNC(=O)CCN1C(=O)CC(SCC(O)NC2CCCCCCC(C)C2)C1=O. The van der Waals surface area contributed by atoms with Crippen LogP contribution in [0.1, 0.15) is 103 Å². The number of nitrogens with zero attached hydrogens (tertiary/aromatic N) is 4. The summed E-state index contributed by atoms with van der Waals surface area (Å²) in [6.45, 7) is 5.78. The zero-order valence-corrected chi connectivity index (χ0v) is 30.1. The van der Waals surface area contributed by atoms with Crippen molar-refractivity contribution in [1.29, 1.82) is 0 Å². The van der Waals surface area contributed by atoms with Crippen LogP contribution in [0.25, 0.3) is 21.9 Å². The fraction of sp³-hybridized carbons (Fsp3) is 0.649. The third kappa shape index (κ3) is 9.94. The molecule has 0 radical (unpaired) electrons. The standard InChI is InChI=1S/C37H55N7O4S/c1-3-4-17-30-42-34-35(27-15-9-10-16-28(27)41-36(34)38)43(30)20-12-11-19-39-31(45)18-21-44-33(47)23-29(37(44)48)49-24-32(46)40-26-14-8-6-5-7-13-25(2)22-26/h9-10,15-16,25-26,29,32,40,46H,3-8,11-14,17-24H2,1-2H3,(H2,38,41)(H,39,45). The molecule has 1 aromatic carbocycles. The minimum atomic E-state index is -0.726. The number of imidazole rings is 1. The summed E-state index contributed by atoms with van der Waals surface area (Å²) >= 11 is 1.33. The van der Waals surface area contributed by atoms with Crippen molar-refractivity contribution in [3.63, 3.8) is 0 Å². The summed E-state index contributed by atoms with van der Waals surface area (Å²) in [5, 5.41) is 17.5. The van der Waals surface area contributed by atoms with Gasteiger partial charge in [0.05, 0.1) is 16.3 Å². The number of anilines is 1. The number of aliphatic hydroxyl groups is 1. The number of carbonyl (C=O) groups excluding carboxylic acids is 3. The molecule has 3 aromatic rings. The van der Waals surface area contributed by atoms with Gasteiger partial charge < -0.3 is 20.7 Å². The first kappa shape index (κ1) is 37.0. The molecule has 2 fully saturated rings. The summed E-state index contributed by atoms with van der Waals surface area (Å²) in [6.07, 6.45) is 12.3. The lowest BCUT2D eigenvalue weighted by Gasteiger charge is -2.25. The lowest BCUT2D eigenvalue weighted by Crippen LogP contribution is -2.41. The largest absolute Gasteiger partial charge is 0.382 e. The minimum Gasteiger partial charge on any atom is -0.382 e. The summed E-state index contributed by atoms with van der Waals surface area (Å²) in [5.74, 6) is 1.73. The Morgan fingerprint density at radius 3 is 2.69 bits per heavy atom. The summed E-state index contributed by atoms with van der Waals surface area (Å²) in [5.41, 5.74) is 8.93. The molecule has 2 aliphatic rings. The molecule has 49 heavy (non-hydrogen) atoms. The Kier molecular flexibility index (Phi) is 13.7. The maximum Gasteiger partial charge on any atom is 0.242 e. The number of hydrogen-bond donors (Lipinski definition) is 4. The number of rotatable bonds is 16. The van der Waals surface area contributed by atoms with Gasteiger partial charge in [0.2, 0.25) is 17.7 Å². The van der Waals surface area contributed by atoms with Gasteiger partial charge in [0.15, 0.2) is 5.82 Å². The maximum atomic E-state index is 13.0. The van der Waals surface area contributed by atoms with Gasteiger partial charge >= 0.3 is 0 Å². The van der Waals surface area contributed by atoms with Crippen LogP contribution in [-0.2, 0) is 27.3 Å². The van der Waals surface area contributed by atoms with Gasteiger partial charge in [-0.15, -0.1) is 11.8 Å². The molecule has 1 aliphatic carbocycles. The number of aliphatic hydroxyl groups excluding tert-OH is 1. The number of para-hydroxylation sites is 1. The molecular formula is C37H55N7O4S. The number of fused-ring (bicyclic) bond motifs is 3. The van der Waals surface area contributed by atoms with E-state index in [0.717, 1.165) is 85.7 Å². The van der Waals surface area contributed by atoms with E-state index in [2.05, 4.69) is 40.1 Å². The van der Waals surface area contributed by atoms with E-state index in [4.69, 9.17) is 10.7 Å². The average molecular weight is 694 g/mol. The summed E-state index contributed by atoms with van der Waals surface area (Å²) in [6, 6.07) is 8.26. The van der Waals surface area contributed by atoms with E-state index in [1.165, 1.54) is 42.3 Å². The number of pyridine rings is 1. The van der Waals surface area contributed by atoms with Gasteiger partial charge in [-0.1, -0.05) is 70.6 Å². The number of nitrogen functional groups attached to an aromatic ring is 1. The van der Waals surface area contributed by atoms with Crippen molar-refractivity contribution in [3.8, 4) is 0 Å². The summed E-state index contributed by atoms with van der Waals surface area (Å²) in [4.78, 5) is 49.0. The molecule has 0 bridgehead atoms. The van der Waals surface area contributed by atoms with Crippen molar-refractivity contribution in [2.24, 2.45) is 5.92 Å². The van der Waals surface area contributed by atoms with Crippen molar-refractivity contribution in [1.82, 2.24) is 30.1 Å². The molecule has 268 valence electrons. The number of aryl methyl sites for hydroxylation is 2. The van der Waals surface area contributed by atoms with Crippen molar-refractivity contribution >= 4 is 57.2 Å². The predicted octanol–water partition coefficient (Wildman–Crippen LogP) is 5.31. The number of aromatic nitrogens is 3. The Morgan fingerprint density at radius 2 is 1.88 bits per heavy atom. The quantitative estimate of drug-likeness (QED) is 0.0887. The number of benzene rings is 1. The molecule has 5 N–H and O–H groups in total. The highest BCUT2D eigenvalue weighted by molar-refractivity contribution is 8.00. The van der Waals surface area contributed by atoms with Crippen LogP contribution in [-0.4, -0.2) is 78.6 Å². The van der Waals surface area contributed by atoms with E-state index in [0.29, 0.717) is 24.0 Å². The molecule has 1 aliphatic heterocycles. The van der Waals surface area contributed by atoms with E-state index >= 15 is 0 Å². The number of amides is 3. The Balaban J connectivity index is 1.04. The Hall–Kier alpha value is -3.22. The first-order valence-electron chi connectivity index (χ1n) is 18.4. The predicted molar refractivity (Wildman–Crippen MR) is 197 cm³/mol. The smallest absolute Gasteiger partial charge is 0.242 e. The highest BCUT2D eigenvalue weighted by Gasteiger charge is 2.39. The van der Waals surface area contributed by atoms with Gasteiger partial charge in [0.25, 0.3) is 0 Å². The molecule has 12 heteroatoms. The van der Waals surface area contributed by atoms with Gasteiger partial charge in [-0.05, 0) is 44.1 Å². The number of carbonyl (C=O) groups is 3. The third-order valence-electron chi connectivity index (χ3n) is 9.91. The molecule has 1 saturated heterocycles. The Labute approximate surface area is 294 Å². The lowest BCUT2D eigenvalue weighted by molar-refractivity contribution is -0.138. The average Bonchev–Trinajstić information content (AvgIpc) is 3.61. The van der Waals surface area contributed by atoms with Crippen molar-refractivity contribution < 1.29 is 19.5 Å². The highest BCUT2D eigenvalue weighted by Crippen LogP contribution is 2.30. The summed E-state index contributed by atoms with van der Waals surface area (Å²) in [7, 11) is 0.